The number of thioether (sulfide) groups is 1. The van der Waals surface area contributed by atoms with Crippen LogP contribution in [0.2, 0.25) is 0 Å². The molecule has 0 bridgehead atoms. The van der Waals surface area contributed by atoms with Crippen LogP contribution in [-0.2, 0) is 9.53 Å². The van der Waals surface area contributed by atoms with E-state index in [0.29, 0.717) is 15.3 Å². The Hall–Kier alpha value is -0.620. The fraction of sp³-hybridized carbons (Fsp3) is 0.400. The van der Waals surface area contributed by atoms with Gasteiger partial charge < -0.3 is 4.74 Å². The summed E-state index contributed by atoms with van der Waals surface area (Å²) in [6.45, 7) is 1.73. The molecule has 1 heterocycles. The summed E-state index contributed by atoms with van der Waals surface area (Å²) in [6, 6.07) is 1.35. The summed E-state index contributed by atoms with van der Waals surface area (Å²) in [5.41, 5.74) is 0. The van der Waals surface area contributed by atoms with Crippen molar-refractivity contribution in [1.29, 1.82) is 0 Å². The number of methoxy groups -OCH3 is 1. The standard InChI is InChI=1S/C10H11BrFNO2S/c1-6(10(14)15-2)5-16-9-8(12)3-7(11)4-13-9/h3-4,6H,5H2,1-2H3. The fourth-order valence-corrected chi connectivity index (χ4v) is 2.15. The number of hydrogen-bond donors (Lipinski definition) is 0. The van der Waals surface area contributed by atoms with Crippen LogP contribution in [0, 0.1) is 11.7 Å². The minimum absolute atomic E-state index is 0.278. The first kappa shape index (κ1) is 13.4. The summed E-state index contributed by atoms with van der Waals surface area (Å²) in [4.78, 5) is 15.0. The van der Waals surface area contributed by atoms with Crippen LogP contribution in [0.15, 0.2) is 21.8 Å². The Morgan fingerprint density at radius 3 is 3.00 bits per heavy atom. The molecule has 6 heteroatoms. The molecule has 0 aliphatic carbocycles. The summed E-state index contributed by atoms with van der Waals surface area (Å²) in [5, 5.41) is 0.291. The van der Waals surface area contributed by atoms with Crippen molar-refractivity contribution < 1.29 is 13.9 Å². The average Bonchev–Trinajstić information content (AvgIpc) is 2.26. The topological polar surface area (TPSA) is 39.2 Å². The summed E-state index contributed by atoms with van der Waals surface area (Å²) < 4.78 is 18.5. The summed E-state index contributed by atoms with van der Waals surface area (Å²) in [5.74, 6) is -0.528. The van der Waals surface area contributed by atoms with E-state index in [1.807, 2.05) is 0 Å². The van der Waals surface area contributed by atoms with E-state index in [1.54, 1.807) is 6.92 Å². The molecular weight excluding hydrogens is 297 g/mol. The van der Waals surface area contributed by atoms with Gasteiger partial charge in [-0.25, -0.2) is 9.37 Å². The molecule has 1 aromatic heterocycles. The van der Waals surface area contributed by atoms with Gasteiger partial charge in [0.15, 0.2) is 5.82 Å². The lowest BCUT2D eigenvalue weighted by molar-refractivity contribution is -0.143. The maximum absolute atomic E-state index is 13.4. The SMILES string of the molecule is COC(=O)C(C)CSc1ncc(Br)cc1F. The lowest BCUT2D eigenvalue weighted by Crippen LogP contribution is -2.14. The van der Waals surface area contributed by atoms with Gasteiger partial charge in [0.2, 0.25) is 0 Å². The quantitative estimate of drug-likeness (QED) is 0.633. The first-order valence-corrected chi connectivity index (χ1v) is 6.34. The van der Waals surface area contributed by atoms with Gasteiger partial charge in [-0.1, -0.05) is 6.92 Å². The van der Waals surface area contributed by atoms with E-state index in [1.165, 1.54) is 31.1 Å². The van der Waals surface area contributed by atoms with Crippen molar-refractivity contribution in [1.82, 2.24) is 4.98 Å². The third-order valence-corrected chi connectivity index (χ3v) is 3.52. The molecule has 1 aromatic rings. The number of ether oxygens (including phenoxy) is 1. The second-order valence-corrected chi connectivity index (χ2v) is 5.10. The van der Waals surface area contributed by atoms with Gasteiger partial charge in [-0.3, -0.25) is 4.79 Å². The number of esters is 1. The number of halogens is 2. The normalized spacial score (nSPS) is 12.2. The number of aromatic nitrogens is 1. The Bertz CT molecular complexity index is 389. The zero-order valence-electron chi connectivity index (χ0n) is 8.87. The van der Waals surface area contributed by atoms with Gasteiger partial charge >= 0.3 is 5.97 Å². The predicted molar refractivity (Wildman–Crippen MR) is 63.8 cm³/mol. The Morgan fingerprint density at radius 1 is 1.75 bits per heavy atom. The molecule has 16 heavy (non-hydrogen) atoms. The van der Waals surface area contributed by atoms with Crippen LogP contribution in [0.5, 0.6) is 0 Å². The molecule has 0 aromatic carbocycles. The highest BCUT2D eigenvalue weighted by atomic mass is 79.9. The summed E-state index contributed by atoms with van der Waals surface area (Å²) in [7, 11) is 1.34. The second kappa shape index (κ2) is 6.20. The molecule has 3 nitrogen and oxygen atoms in total. The van der Waals surface area contributed by atoms with Crippen LogP contribution >= 0.6 is 27.7 Å². The summed E-state index contributed by atoms with van der Waals surface area (Å²) >= 11 is 4.32. The minimum Gasteiger partial charge on any atom is -0.469 e. The molecule has 0 saturated carbocycles. The maximum atomic E-state index is 13.4. The minimum atomic E-state index is -0.392. The third kappa shape index (κ3) is 3.75. The highest BCUT2D eigenvalue weighted by molar-refractivity contribution is 9.10. The van der Waals surface area contributed by atoms with Crippen molar-refractivity contribution >= 4 is 33.7 Å². The highest BCUT2D eigenvalue weighted by Crippen LogP contribution is 2.23. The van der Waals surface area contributed by atoms with Crippen molar-refractivity contribution in [2.45, 2.75) is 11.9 Å². The van der Waals surface area contributed by atoms with Gasteiger partial charge in [0, 0.05) is 16.4 Å². The number of carbonyl (C=O) groups is 1. The van der Waals surface area contributed by atoms with Gasteiger partial charge in [-0.15, -0.1) is 11.8 Å². The van der Waals surface area contributed by atoms with E-state index in [0.717, 1.165) is 0 Å². The van der Waals surface area contributed by atoms with Crippen LogP contribution in [-0.4, -0.2) is 23.8 Å². The average molecular weight is 308 g/mol. The van der Waals surface area contributed by atoms with Gasteiger partial charge in [0.1, 0.15) is 5.03 Å². The molecule has 0 saturated heterocycles. The van der Waals surface area contributed by atoms with Crippen molar-refractivity contribution in [3.05, 3.63) is 22.6 Å². The van der Waals surface area contributed by atoms with Crippen molar-refractivity contribution in [2.24, 2.45) is 5.92 Å². The number of hydrogen-bond acceptors (Lipinski definition) is 4. The number of nitrogens with zero attached hydrogens (tertiary/aromatic N) is 1. The maximum Gasteiger partial charge on any atom is 0.309 e. The summed E-state index contributed by atoms with van der Waals surface area (Å²) in [6.07, 6.45) is 1.52. The van der Waals surface area contributed by atoms with Crippen LogP contribution in [0.4, 0.5) is 4.39 Å². The van der Waals surface area contributed by atoms with Crippen LogP contribution in [0.25, 0.3) is 0 Å². The van der Waals surface area contributed by atoms with E-state index in [9.17, 15) is 9.18 Å². The van der Waals surface area contributed by atoms with Gasteiger partial charge in [-0.2, -0.15) is 0 Å². The first-order valence-electron chi connectivity index (χ1n) is 4.56. The van der Waals surface area contributed by atoms with Gasteiger partial charge in [0.05, 0.1) is 13.0 Å². The van der Waals surface area contributed by atoms with Gasteiger partial charge in [-0.05, 0) is 22.0 Å². The van der Waals surface area contributed by atoms with Crippen LogP contribution in [0.3, 0.4) is 0 Å². The van der Waals surface area contributed by atoms with Crippen molar-refractivity contribution in [3.63, 3.8) is 0 Å². The molecule has 1 atom stereocenters. The Kier molecular flexibility index (Phi) is 5.21. The highest BCUT2D eigenvalue weighted by Gasteiger charge is 2.15. The Labute approximate surface area is 106 Å². The second-order valence-electron chi connectivity index (χ2n) is 3.18. The third-order valence-electron chi connectivity index (χ3n) is 1.85. The molecule has 88 valence electrons. The van der Waals surface area contributed by atoms with Crippen molar-refractivity contribution in [2.75, 3.05) is 12.9 Å². The van der Waals surface area contributed by atoms with E-state index < -0.39 is 5.82 Å². The molecular formula is C10H11BrFNO2S. The van der Waals surface area contributed by atoms with E-state index >= 15 is 0 Å². The lowest BCUT2D eigenvalue weighted by Gasteiger charge is -2.08. The zero-order chi connectivity index (χ0) is 12.1. The van der Waals surface area contributed by atoms with E-state index in [2.05, 4.69) is 25.7 Å². The molecule has 0 aliphatic rings. The Balaban J connectivity index is 2.58. The van der Waals surface area contributed by atoms with Gasteiger partial charge in [0.25, 0.3) is 0 Å². The molecule has 0 spiro atoms. The van der Waals surface area contributed by atoms with E-state index in [4.69, 9.17) is 0 Å². The number of carbonyl (C=O) groups excluding carboxylic acids is 1. The number of pyridine rings is 1. The smallest absolute Gasteiger partial charge is 0.309 e. The molecule has 0 radical (unpaired) electrons. The fourth-order valence-electron chi connectivity index (χ4n) is 0.981. The predicted octanol–water partition coefficient (Wildman–Crippen LogP) is 2.88. The first-order chi connectivity index (χ1) is 7.54. The zero-order valence-corrected chi connectivity index (χ0v) is 11.3. The monoisotopic (exact) mass is 307 g/mol. The molecule has 0 aliphatic heterocycles. The number of rotatable bonds is 4. The lowest BCUT2D eigenvalue weighted by atomic mass is 10.2. The Morgan fingerprint density at radius 2 is 2.44 bits per heavy atom. The molecule has 0 amide bonds. The van der Waals surface area contributed by atoms with Crippen LogP contribution < -0.4 is 0 Å². The van der Waals surface area contributed by atoms with Crippen LogP contribution in [0.1, 0.15) is 6.92 Å². The molecule has 1 rings (SSSR count). The van der Waals surface area contributed by atoms with Crippen molar-refractivity contribution in [3.8, 4) is 0 Å². The molecule has 0 N–H and O–H groups in total. The largest absolute Gasteiger partial charge is 0.469 e. The van der Waals surface area contributed by atoms with E-state index in [-0.39, 0.29) is 11.9 Å². The molecule has 1 unspecified atom stereocenters. The molecule has 0 fully saturated rings.